The molecule has 1 unspecified atom stereocenters. The molecule has 32 heavy (non-hydrogen) atoms. The summed E-state index contributed by atoms with van der Waals surface area (Å²) >= 11 is 6.18. The third-order valence-corrected chi connectivity index (χ3v) is 5.59. The number of aromatic nitrogens is 1. The third-order valence-electron chi connectivity index (χ3n) is 5.26. The molecule has 0 aliphatic rings. The number of carbonyl (C=O) groups excluding carboxylic acids is 2. The smallest absolute Gasteiger partial charge is 0.253 e. The summed E-state index contributed by atoms with van der Waals surface area (Å²) in [5.74, 6) is -0.547. The maximum absolute atomic E-state index is 13.0. The Morgan fingerprint density at radius 2 is 1.69 bits per heavy atom. The minimum atomic E-state index is -0.519. The Labute approximate surface area is 191 Å². The van der Waals surface area contributed by atoms with Crippen LogP contribution in [0.25, 0.3) is 10.9 Å². The second-order valence-electron chi connectivity index (χ2n) is 7.50. The highest BCUT2D eigenvalue weighted by molar-refractivity contribution is 6.33. The Morgan fingerprint density at radius 3 is 2.47 bits per heavy atom. The number of benzene rings is 3. The molecule has 0 aliphatic carbocycles. The van der Waals surface area contributed by atoms with Crippen LogP contribution in [0, 0.1) is 6.92 Å². The number of hydrogen-bond acceptors (Lipinski definition) is 3. The maximum Gasteiger partial charge on any atom is 0.253 e. The van der Waals surface area contributed by atoms with Crippen LogP contribution in [0.2, 0.25) is 5.02 Å². The van der Waals surface area contributed by atoms with E-state index in [1.54, 1.807) is 30.5 Å². The van der Waals surface area contributed by atoms with Crippen LogP contribution in [0.5, 0.6) is 0 Å². The van der Waals surface area contributed by atoms with Gasteiger partial charge in [-0.25, -0.2) is 0 Å². The van der Waals surface area contributed by atoms with E-state index in [0.29, 0.717) is 16.3 Å². The summed E-state index contributed by atoms with van der Waals surface area (Å²) in [5, 5.41) is 7.17. The van der Waals surface area contributed by atoms with Crippen LogP contribution in [0.4, 0.5) is 5.69 Å². The lowest BCUT2D eigenvalue weighted by Crippen LogP contribution is -2.31. The number of amides is 2. The first-order valence-electron chi connectivity index (χ1n) is 10.3. The van der Waals surface area contributed by atoms with Gasteiger partial charge in [-0.1, -0.05) is 60.1 Å². The van der Waals surface area contributed by atoms with E-state index in [-0.39, 0.29) is 18.2 Å². The van der Waals surface area contributed by atoms with Gasteiger partial charge in [0.15, 0.2) is 0 Å². The first-order chi connectivity index (χ1) is 15.5. The molecule has 4 rings (SSSR count). The summed E-state index contributed by atoms with van der Waals surface area (Å²) in [7, 11) is 0. The number of anilines is 1. The van der Waals surface area contributed by atoms with Crippen LogP contribution in [0.1, 0.15) is 33.9 Å². The Morgan fingerprint density at radius 1 is 0.938 bits per heavy atom. The van der Waals surface area contributed by atoms with Gasteiger partial charge in [0.1, 0.15) is 0 Å². The van der Waals surface area contributed by atoms with Gasteiger partial charge in [-0.15, -0.1) is 0 Å². The number of aryl methyl sites for hydroxylation is 1. The van der Waals surface area contributed by atoms with Gasteiger partial charge in [-0.2, -0.15) is 0 Å². The maximum atomic E-state index is 13.0. The largest absolute Gasteiger partial charge is 0.345 e. The van der Waals surface area contributed by atoms with Crippen molar-refractivity contribution in [2.24, 2.45) is 0 Å². The predicted molar refractivity (Wildman–Crippen MR) is 128 cm³/mol. The molecule has 0 saturated carbocycles. The fourth-order valence-corrected chi connectivity index (χ4v) is 3.85. The Kier molecular flexibility index (Phi) is 6.47. The number of rotatable bonds is 6. The summed E-state index contributed by atoms with van der Waals surface area (Å²) in [6, 6.07) is 23.3. The predicted octanol–water partition coefficient (Wildman–Crippen LogP) is 5.70. The average molecular weight is 444 g/mol. The van der Waals surface area contributed by atoms with E-state index in [4.69, 9.17) is 11.6 Å². The fraction of sp³-hybridized carbons (Fsp3) is 0.115. The number of carbonyl (C=O) groups is 2. The van der Waals surface area contributed by atoms with E-state index < -0.39 is 6.04 Å². The molecule has 1 heterocycles. The van der Waals surface area contributed by atoms with Crippen LogP contribution in [0.15, 0.2) is 85.1 Å². The van der Waals surface area contributed by atoms with Crippen LogP contribution in [0.3, 0.4) is 0 Å². The standard InChI is InChI=1S/C26H22ClN3O2/c1-17-13-14-22(20-11-7-15-28-25(17)20)29-24(31)16-23(18-8-3-2-4-9-18)30-26(32)19-10-5-6-12-21(19)27/h2-15,23H,16H2,1H3,(H,29,31)(H,30,32). The van der Waals surface area contributed by atoms with Crippen molar-refractivity contribution in [3.05, 3.63) is 107 Å². The number of hydrogen-bond donors (Lipinski definition) is 2. The highest BCUT2D eigenvalue weighted by atomic mass is 35.5. The van der Waals surface area contributed by atoms with Crippen LogP contribution < -0.4 is 10.6 Å². The van der Waals surface area contributed by atoms with Crippen molar-refractivity contribution in [2.45, 2.75) is 19.4 Å². The molecule has 0 saturated heterocycles. The van der Waals surface area contributed by atoms with E-state index in [1.807, 2.05) is 61.5 Å². The van der Waals surface area contributed by atoms with E-state index in [9.17, 15) is 9.59 Å². The molecule has 0 bridgehead atoms. The Bertz CT molecular complexity index is 1270. The lowest BCUT2D eigenvalue weighted by Gasteiger charge is -2.20. The SMILES string of the molecule is Cc1ccc(NC(=O)CC(NC(=O)c2ccccc2Cl)c2ccccc2)c2cccnc12. The lowest BCUT2D eigenvalue weighted by atomic mass is 10.0. The van der Waals surface area contributed by atoms with Gasteiger partial charge in [0.05, 0.1) is 34.3 Å². The van der Waals surface area contributed by atoms with Crippen molar-refractivity contribution in [3.8, 4) is 0 Å². The normalized spacial score (nSPS) is 11.7. The monoisotopic (exact) mass is 443 g/mol. The zero-order valence-electron chi connectivity index (χ0n) is 17.5. The molecule has 1 aromatic heterocycles. The minimum Gasteiger partial charge on any atom is -0.345 e. The number of pyridine rings is 1. The topological polar surface area (TPSA) is 71.1 Å². The van der Waals surface area contributed by atoms with Crippen LogP contribution in [-0.4, -0.2) is 16.8 Å². The number of fused-ring (bicyclic) bond motifs is 1. The molecule has 1 atom stereocenters. The molecule has 3 aromatic carbocycles. The second-order valence-corrected chi connectivity index (χ2v) is 7.91. The van der Waals surface area contributed by atoms with E-state index >= 15 is 0 Å². The molecule has 2 N–H and O–H groups in total. The van der Waals surface area contributed by atoms with Crippen molar-refractivity contribution < 1.29 is 9.59 Å². The summed E-state index contributed by atoms with van der Waals surface area (Å²) in [5.41, 5.74) is 3.77. The van der Waals surface area contributed by atoms with Crippen molar-refractivity contribution in [3.63, 3.8) is 0 Å². The Hall–Kier alpha value is -3.70. The number of halogens is 1. The van der Waals surface area contributed by atoms with Gasteiger partial charge in [0, 0.05) is 11.6 Å². The van der Waals surface area contributed by atoms with E-state index in [2.05, 4.69) is 15.6 Å². The molecule has 0 fully saturated rings. The van der Waals surface area contributed by atoms with Crippen molar-refractivity contribution >= 4 is 40.0 Å². The zero-order chi connectivity index (χ0) is 22.5. The molecule has 5 nitrogen and oxygen atoms in total. The third kappa shape index (κ3) is 4.79. The van der Waals surface area contributed by atoms with E-state index in [1.165, 1.54) is 0 Å². The molecular weight excluding hydrogens is 422 g/mol. The van der Waals surface area contributed by atoms with Gasteiger partial charge >= 0.3 is 0 Å². The Balaban J connectivity index is 1.57. The number of nitrogens with zero attached hydrogens (tertiary/aromatic N) is 1. The molecule has 160 valence electrons. The van der Waals surface area contributed by atoms with Gasteiger partial charge in [0.2, 0.25) is 5.91 Å². The van der Waals surface area contributed by atoms with Crippen molar-refractivity contribution in [2.75, 3.05) is 5.32 Å². The summed E-state index contributed by atoms with van der Waals surface area (Å²) in [4.78, 5) is 30.3. The van der Waals surface area contributed by atoms with E-state index in [0.717, 1.165) is 22.0 Å². The van der Waals surface area contributed by atoms with Crippen LogP contribution >= 0.6 is 11.6 Å². The zero-order valence-corrected chi connectivity index (χ0v) is 18.3. The summed E-state index contributed by atoms with van der Waals surface area (Å²) < 4.78 is 0. The van der Waals surface area contributed by atoms with Gasteiger partial charge in [-0.05, 0) is 48.4 Å². The summed E-state index contributed by atoms with van der Waals surface area (Å²) in [6.45, 7) is 1.98. The van der Waals surface area contributed by atoms with Crippen LogP contribution in [-0.2, 0) is 4.79 Å². The van der Waals surface area contributed by atoms with Gasteiger partial charge in [-0.3, -0.25) is 14.6 Å². The highest BCUT2D eigenvalue weighted by Gasteiger charge is 2.21. The second kappa shape index (κ2) is 9.62. The molecule has 2 amide bonds. The van der Waals surface area contributed by atoms with Gasteiger partial charge < -0.3 is 10.6 Å². The van der Waals surface area contributed by atoms with Gasteiger partial charge in [0.25, 0.3) is 5.91 Å². The molecule has 0 radical (unpaired) electrons. The molecular formula is C26H22ClN3O2. The fourth-order valence-electron chi connectivity index (χ4n) is 3.63. The molecule has 0 spiro atoms. The quantitative estimate of drug-likeness (QED) is 0.401. The first-order valence-corrected chi connectivity index (χ1v) is 10.7. The first kappa shape index (κ1) is 21.5. The average Bonchev–Trinajstić information content (AvgIpc) is 2.81. The van der Waals surface area contributed by atoms with Crippen molar-refractivity contribution in [1.82, 2.24) is 10.3 Å². The minimum absolute atomic E-state index is 0.0653. The number of nitrogens with one attached hydrogen (secondary N) is 2. The summed E-state index contributed by atoms with van der Waals surface area (Å²) in [6.07, 6.45) is 1.80. The highest BCUT2D eigenvalue weighted by Crippen LogP contribution is 2.26. The van der Waals surface area contributed by atoms with Crippen molar-refractivity contribution in [1.29, 1.82) is 0 Å². The molecule has 6 heteroatoms. The molecule has 0 aliphatic heterocycles. The molecule has 4 aromatic rings. The lowest BCUT2D eigenvalue weighted by molar-refractivity contribution is -0.116.